The van der Waals surface area contributed by atoms with Gasteiger partial charge < -0.3 is 0 Å². The summed E-state index contributed by atoms with van der Waals surface area (Å²) in [6.45, 7) is 1.95. The maximum Gasteiger partial charge on any atom is 0.0609 e. The standard InChI is InChI=1S/C4H5IN2/c1-4-2-3-5-7-6-4/h2-3H,1H3. The molecule has 0 radical (unpaired) electrons. The molecule has 0 spiro atoms. The topological polar surface area (TPSA) is 24.7 Å². The van der Waals surface area contributed by atoms with Gasteiger partial charge >= 0.3 is 0 Å². The highest BCUT2D eigenvalue weighted by Crippen LogP contribution is 2.07. The van der Waals surface area contributed by atoms with Crippen LogP contribution in [0.15, 0.2) is 18.5 Å². The molecule has 38 valence electrons. The minimum absolute atomic E-state index is 0.0555. The van der Waals surface area contributed by atoms with Crippen molar-refractivity contribution in [3.05, 3.63) is 10.2 Å². The van der Waals surface area contributed by atoms with E-state index in [0.717, 1.165) is 5.71 Å². The molecule has 0 aromatic rings. The Kier molecular flexibility index (Phi) is 1.67. The molecule has 0 amide bonds. The van der Waals surface area contributed by atoms with Crippen molar-refractivity contribution in [1.29, 1.82) is 0 Å². The number of hydrogen-bond donors (Lipinski definition) is 0. The Balaban J connectivity index is 2.82. The third-order valence-corrected chi connectivity index (χ3v) is 1.75. The molecular weight excluding hydrogens is 203 g/mol. The Hall–Kier alpha value is -0.0600. The molecule has 1 aliphatic rings. The Morgan fingerprint density at radius 1 is 1.71 bits per heavy atom. The molecule has 1 heterocycles. The van der Waals surface area contributed by atoms with Gasteiger partial charge in [-0.15, -0.1) is 3.25 Å². The van der Waals surface area contributed by atoms with Crippen molar-refractivity contribution in [2.24, 2.45) is 8.36 Å². The molecule has 0 aromatic carbocycles. The zero-order valence-electron chi connectivity index (χ0n) is 3.93. The van der Waals surface area contributed by atoms with Crippen molar-refractivity contribution < 1.29 is 0 Å². The van der Waals surface area contributed by atoms with E-state index in [9.17, 15) is 0 Å². The van der Waals surface area contributed by atoms with E-state index in [1.165, 1.54) is 0 Å². The van der Waals surface area contributed by atoms with Crippen LogP contribution in [0.2, 0.25) is 0 Å². The highest BCUT2D eigenvalue weighted by atomic mass is 127. The lowest BCUT2D eigenvalue weighted by molar-refractivity contribution is 1.30. The van der Waals surface area contributed by atoms with Crippen molar-refractivity contribution >= 4 is 26.7 Å². The van der Waals surface area contributed by atoms with Crippen LogP contribution in [0.25, 0.3) is 0 Å². The lowest BCUT2D eigenvalue weighted by Crippen LogP contribution is -1.80. The number of nitrogens with zero attached hydrogens (tertiary/aromatic N) is 2. The zero-order chi connectivity index (χ0) is 5.11. The quantitative estimate of drug-likeness (QED) is 0.544. The lowest BCUT2D eigenvalue weighted by Gasteiger charge is -1.86. The van der Waals surface area contributed by atoms with Crippen LogP contribution >= 0.6 is 21.0 Å². The van der Waals surface area contributed by atoms with E-state index >= 15 is 0 Å². The van der Waals surface area contributed by atoms with Gasteiger partial charge in [0.25, 0.3) is 0 Å². The normalized spacial score (nSPS) is 18.1. The van der Waals surface area contributed by atoms with Crippen LogP contribution in [0.1, 0.15) is 6.92 Å². The molecule has 0 atom stereocenters. The van der Waals surface area contributed by atoms with Crippen LogP contribution in [-0.2, 0) is 0 Å². The van der Waals surface area contributed by atoms with Crippen LogP contribution in [0, 0.1) is 0 Å². The van der Waals surface area contributed by atoms with Gasteiger partial charge in [-0.05, 0) is 17.1 Å². The SMILES string of the molecule is CC1=NN=IC=C1. The fourth-order valence-electron chi connectivity index (χ4n) is 0.259. The molecular formula is C4H5IN2. The molecule has 3 heteroatoms. The van der Waals surface area contributed by atoms with Crippen molar-refractivity contribution in [2.45, 2.75) is 6.92 Å². The zero-order valence-corrected chi connectivity index (χ0v) is 6.08. The van der Waals surface area contributed by atoms with Crippen molar-refractivity contribution in [1.82, 2.24) is 0 Å². The molecule has 0 saturated carbocycles. The Bertz CT molecular complexity index is 146. The largest absolute Gasteiger partial charge is 0.151 e. The average molecular weight is 208 g/mol. The fourth-order valence-corrected chi connectivity index (χ4v) is 1.55. The van der Waals surface area contributed by atoms with Gasteiger partial charge in [0.1, 0.15) is 0 Å². The van der Waals surface area contributed by atoms with Gasteiger partial charge in [-0.2, -0.15) is 5.10 Å². The van der Waals surface area contributed by atoms with Crippen molar-refractivity contribution in [3.63, 3.8) is 0 Å². The van der Waals surface area contributed by atoms with E-state index in [2.05, 4.69) is 12.4 Å². The summed E-state index contributed by atoms with van der Waals surface area (Å²) in [6.07, 6.45) is 2.01. The van der Waals surface area contributed by atoms with E-state index in [4.69, 9.17) is 0 Å². The molecule has 1 rings (SSSR count). The molecule has 0 N–H and O–H groups in total. The van der Waals surface area contributed by atoms with E-state index in [1.807, 2.05) is 13.0 Å². The van der Waals surface area contributed by atoms with E-state index in [0.29, 0.717) is 0 Å². The fraction of sp³-hybridized carbons (Fsp3) is 0.250. The highest BCUT2D eigenvalue weighted by Gasteiger charge is 1.82. The van der Waals surface area contributed by atoms with Crippen LogP contribution in [-0.4, -0.2) is 5.71 Å². The third kappa shape index (κ3) is 1.46. The van der Waals surface area contributed by atoms with Gasteiger partial charge in [-0.3, -0.25) is 0 Å². The van der Waals surface area contributed by atoms with Crippen LogP contribution in [0.3, 0.4) is 0 Å². The first-order chi connectivity index (χ1) is 3.39. The Labute approximate surface area is 52.5 Å². The smallest absolute Gasteiger partial charge is 0.0609 e. The summed E-state index contributed by atoms with van der Waals surface area (Å²) >= 11 is -0.0555. The van der Waals surface area contributed by atoms with Crippen molar-refractivity contribution in [2.75, 3.05) is 0 Å². The van der Waals surface area contributed by atoms with Gasteiger partial charge in [0.05, 0.1) is 5.71 Å². The number of rotatable bonds is 0. The second-order valence-corrected chi connectivity index (χ2v) is 2.91. The molecule has 7 heavy (non-hydrogen) atoms. The molecule has 0 unspecified atom stereocenters. The summed E-state index contributed by atoms with van der Waals surface area (Å²) in [7, 11) is 0. The maximum atomic E-state index is 3.87. The Morgan fingerprint density at radius 2 is 2.57 bits per heavy atom. The first-order valence-corrected chi connectivity index (χ1v) is 4.14. The monoisotopic (exact) mass is 208 g/mol. The summed E-state index contributed by atoms with van der Waals surface area (Å²) in [5.41, 5.74) is 1.02. The van der Waals surface area contributed by atoms with Gasteiger partial charge in [-0.25, -0.2) is 0 Å². The third-order valence-electron chi connectivity index (χ3n) is 0.600. The predicted octanol–water partition coefficient (Wildman–Crippen LogP) is 2.04. The van der Waals surface area contributed by atoms with Crippen LogP contribution in [0.5, 0.6) is 0 Å². The number of allylic oxidation sites excluding steroid dienone is 1. The molecule has 0 bridgehead atoms. The molecule has 1 aliphatic heterocycles. The minimum atomic E-state index is -0.0555. The van der Waals surface area contributed by atoms with Gasteiger partial charge in [0, 0.05) is 21.0 Å². The molecule has 0 aromatic heterocycles. The number of halogens is 1. The van der Waals surface area contributed by atoms with Gasteiger partial charge in [0.2, 0.25) is 0 Å². The molecule has 0 aliphatic carbocycles. The van der Waals surface area contributed by atoms with E-state index in [1.54, 1.807) is 0 Å². The summed E-state index contributed by atoms with van der Waals surface area (Å²) in [6, 6.07) is 0. The van der Waals surface area contributed by atoms with E-state index < -0.39 is 0 Å². The maximum absolute atomic E-state index is 3.87. The average Bonchev–Trinajstić information content (AvgIpc) is 1.69. The minimum Gasteiger partial charge on any atom is -0.151 e. The predicted molar refractivity (Wildman–Crippen MR) is 38.7 cm³/mol. The van der Waals surface area contributed by atoms with Crippen LogP contribution < -0.4 is 0 Å². The van der Waals surface area contributed by atoms with E-state index in [-0.39, 0.29) is 21.0 Å². The lowest BCUT2D eigenvalue weighted by atomic mass is 10.4. The summed E-state index contributed by atoms with van der Waals surface area (Å²) in [5.74, 6) is 0. The summed E-state index contributed by atoms with van der Waals surface area (Å²) in [5, 5.41) is 3.83. The molecule has 0 fully saturated rings. The molecule has 0 saturated heterocycles. The van der Waals surface area contributed by atoms with Gasteiger partial charge in [0.15, 0.2) is 0 Å². The van der Waals surface area contributed by atoms with Gasteiger partial charge in [-0.1, -0.05) is 0 Å². The van der Waals surface area contributed by atoms with Crippen molar-refractivity contribution in [3.8, 4) is 0 Å². The highest BCUT2D eigenvalue weighted by molar-refractivity contribution is 14.2. The van der Waals surface area contributed by atoms with Crippen LogP contribution in [0.4, 0.5) is 0 Å². The number of hydrogen-bond acceptors (Lipinski definition) is 2. The second-order valence-electron chi connectivity index (χ2n) is 1.21. The molecule has 2 nitrogen and oxygen atoms in total. The second kappa shape index (κ2) is 2.30. The summed E-state index contributed by atoms with van der Waals surface area (Å²) in [4.78, 5) is 0. The Morgan fingerprint density at radius 3 is 2.86 bits per heavy atom. The first kappa shape index (κ1) is 5.08. The first-order valence-electron chi connectivity index (χ1n) is 1.93. The summed E-state index contributed by atoms with van der Waals surface area (Å²) < 4.78 is 5.97.